The molecule has 0 spiro atoms. The summed E-state index contributed by atoms with van der Waals surface area (Å²) in [7, 11) is 0. The van der Waals surface area contributed by atoms with Gasteiger partial charge in [0.1, 0.15) is 0 Å². The van der Waals surface area contributed by atoms with Gasteiger partial charge in [0.05, 0.1) is 5.03 Å². The highest BCUT2D eigenvalue weighted by Crippen LogP contribution is 2.44. The van der Waals surface area contributed by atoms with E-state index in [1.807, 2.05) is 0 Å². The third-order valence-corrected chi connectivity index (χ3v) is 5.83. The third-order valence-electron chi connectivity index (χ3n) is 5.46. The Morgan fingerprint density at radius 1 is 0.913 bits per heavy atom. The Kier molecular flexibility index (Phi) is 4.22. The van der Waals surface area contributed by atoms with Crippen molar-refractivity contribution in [2.45, 2.75) is 46.5 Å². The number of hydrogen-bond acceptors (Lipinski definition) is 2. The number of rotatable bonds is 1. The molecule has 0 heterocycles. The molecule has 2 aliphatic carbocycles. The molecule has 0 radical (unpaired) electrons. The van der Waals surface area contributed by atoms with Gasteiger partial charge in [0.15, 0.2) is 5.78 Å². The SMILES string of the molecule is CC(C)(C)C1CCC(C2=C(Cl)C(=O)c3ccccc3C2=O)CC1. The van der Waals surface area contributed by atoms with E-state index in [-0.39, 0.29) is 22.5 Å². The Morgan fingerprint density at radius 3 is 1.96 bits per heavy atom. The maximum absolute atomic E-state index is 12.9. The molecule has 0 N–H and O–H groups in total. The Morgan fingerprint density at radius 2 is 1.43 bits per heavy atom. The molecule has 1 aromatic rings. The minimum atomic E-state index is -0.199. The summed E-state index contributed by atoms with van der Waals surface area (Å²) in [5.41, 5.74) is 1.80. The minimum Gasteiger partial charge on any atom is -0.289 e. The summed E-state index contributed by atoms with van der Waals surface area (Å²) in [6.07, 6.45) is 4.05. The molecule has 3 heteroatoms. The van der Waals surface area contributed by atoms with Crippen molar-refractivity contribution >= 4 is 23.2 Å². The molecule has 2 aliphatic rings. The van der Waals surface area contributed by atoms with Gasteiger partial charge in [-0.2, -0.15) is 0 Å². The van der Waals surface area contributed by atoms with Crippen molar-refractivity contribution in [1.82, 2.24) is 0 Å². The first-order valence-electron chi connectivity index (χ1n) is 8.38. The van der Waals surface area contributed by atoms with Crippen LogP contribution in [-0.4, -0.2) is 11.6 Å². The molecule has 0 atom stereocenters. The average molecular weight is 331 g/mol. The van der Waals surface area contributed by atoms with Gasteiger partial charge in [-0.05, 0) is 42.9 Å². The topological polar surface area (TPSA) is 34.1 Å². The summed E-state index contributed by atoms with van der Waals surface area (Å²) >= 11 is 6.32. The van der Waals surface area contributed by atoms with Gasteiger partial charge in [0, 0.05) is 16.7 Å². The molecular formula is C20H23ClO2. The monoisotopic (exact) mass is 330 g/mol. The number of halogens is 1. The van der Waals surface area contributed by atoms with E-state index in [0.29, 0.717) is 28.0 Å². The Labute approximate surface area is 142 Å². The molecule has 122 valence electrons. The minimum absolute atomic E-state index is 0.0515. The van der Waals surface area contributed by atoms with E-state index in [0.717, 1.165) is 25.7 Å². The van der Waals surface area contributed by atoms with Crippen molar-refractivity contribution in [2.75, 3.05) is 0 Å². The van der Waals surface area contributed by atoms with Crippen LogP contribution in [0, 0.1) is 17.3 Å². The number of fused-ring (bicyclic) bond motifs is 1. The molecule has 1 saturated carbocycles. The van der Waals surface area contributed by atoms with Crippen LogP contribution in [0.25, 0.3) is 0 Å². The normalized spacial score (nSPS) is 25.6. The highest BCUT2D eigenvalue weighted by atomic mass is 35.5. The Bertz CT molecular complexity index is 686. The third kappa shape index (κ3) is 2.89. The van der Waals surface area contributed by atoms with E-state index in [2.05, 4.69) is 20.8 Å². The van der Waals surface area contributed by atoms with Gasteiger partial charge in [0.25, 0.3) is 0 Å². The van der Waals surface area contributed by atoms with Gasteiger partial charge in [0.2, 0.25) is 5.78 Å². The first-order chi connectivity index (χ1) is 10.8. The molecule has 0 bridgehead atoms. The van der Waals surface area contributed by atoms with Crippen LogP contribution < -0.4 is 0 Å². The van der Waals surface area contributed by atoms with Crippen LogP contribution in [0.1, 0.15) is 67.2 Å². The number of carbonyl (C=O) groups is 2. The van der Waals surface area contributed by atoms with Gasteiger partial charge in [-0.15, -0.1) is 0 Å². The largest absolute Gasteiger partial charge is 0.289 e. The maximum atomic E-state index is 12.9. The fourth-order valence-electron chi connectivity index (χ4n) is 3.98. The lowest BCUT2D eigenvalue weighted by Crippen LogP contribution is -2.30. The second kappa shape index (κ2) is 5.90. The fourth-order valence-corrected chi connectivity index (χ4v) is 4.32. The van der Waals surface area contributed by atoms with E-state index in [1.165, 1.54) is 0 Å². The molecule has 0 unspecified atom stereocenters. The molecular weight excluding hydrogens is 308 g/mol. The quantitative estimate of drug-likeness (QED) is 0.689. The molecule has 0 aliphatic heterocycles. The second-order valence-corrected chi connectivity index (χ2v) is 8.22. The maximum Gasteiger partial charge on any atom is 0.205 e. The van der Waals surface area contributed by atoms with Crippen molar-refractivity contribution in [1.29, 1.82) is 0 Å². The predicted octanol–water partition coefficient (Wildman–Crippen LogP) is 5.41. The number of hydrogen-bond donors (Lipinski definition) is 0. The summed E-state index contributed by atoms with van der Waals surface area (Å²) < 4.78 is 0. The summed E-state index contributed by atoms with van der Waals surface area (Å²) in [6.45, 7) is 6.82. The number of allylic oxidation sites excluding steroid dienone is 2. The highest BCUT2D eigenvalue weighted by molar-refractivity contribution is 6.50. The van der Waals surface area contributed by atoms with Crippen LogP contribution in [0.4, 0.5) is 0 Å². The fraction of sp³-hybridized carbons (Fsp3) is 0.500. The molecule has 1 fully saturated rings. The Balaban J connectivity index is 1.88. The van der Waals surface area contributed by atoms with Crippen LogP contribution in [0.2, 0.25) is 0 Å². The number of carbonyl (C=O) groups excluding carboxylic acids is 2. The molecule has 2 nitrogen and oxygen atoms in total. The standard InChI is InChI=1S/C20H23ClO2/c1-20(2,3)13-10-8-12(9-11-13)16-17(21)19(23)15-7-5-4-6-14(15)18(16)22/h4-7,12-13H,8-11H2,1-3H3. The van der Waals surface area contributed by atoms with Crippen molar-refractivity contribution in [2.24, 2.45) is 17.3 Å². The number of Topliss-reactive ketones (excluding diaryl/α,β-unsaturated/α-hetero) is 2. The van der Waals surface area contributed by atoms with Crippen molar-refractivity contribution < 1.29 is 9.59 Å². The first kappa shape index (κ1) is 16.4. The lowest BCUT2D eigenvalue weighted by molar-refractivity contribution is 0.0955. The first-order valence-corrected chi connectivity index (χ1v) is 8.76. The zero-order valence-corrected chi connectivity index (χ0v) is 14.7. The van der Waals surface area contributed by atoms with Crippen molar-refractivity contribution in [3.05, 3.63) is 46.0 Å². The van der Waals surface area contributed by atoms with Gasteiger partial charge in [-0.25, -0.2) is 0 Å². The van der Waals surface area contributed by atoms with Crippen LogP contribution in [-0.2, 0) is 0 Å². The molecule has 1 aromatic carbocycles. The van der Waals surface area contributed by atoms with E-state index < -0.39 is 0 Å². The predicted molar refractivity (Wildman–Crippen MR) is 92.9 cm³/mol. The van der Waals surface area contributed by atoms with Crippen molar-refractivity contribution in [3.8, 4) is 0 Å². The van der Waals surface area contributed by atoms with Gasteiger partial charge < -0.3 is 0 Å². The average Bonchev–Trinajstić information content (AvgIpc) is 2.53. The van der Waals surface area contributed by atoms with E-state index in [1.54, 1.807) is 24.3 Å². The van der Waals surface area contributed by atoms with E-state index in [4.69, 9.17) is 11.6 Å². The van der Waals surface area contributed by atoms with E-state index >= 15 is 0 Å². The summed E-state index contributed by atoms with van der Waals surface area (Å²) in [6, 6.07) is 7.00. The number of benzene rings is 1. The zero-order chi connectivity index (χ0) is 16.8. The van der Waals surface area contributed by atoms with Gasteiger partial charge in [-0.1, -0.05) is 56.6 Å². The number of ketones is 2. The lowest BCUT2D eigenvalue weighted by Gasteiger charge is -2.38. The molecule has 23 heavy (non-hydrogen) atoms. The zero-order valence-electron chi connectivity index (χ0n) is 14.0. The van der Waals surface area contributed by atoms with Crippen LogP contribution in [0.5, 0.6) is 0 Å². The lowest BCUT2D eigenvalue weighted by atomic mass is 9.67. The smallest absolute Gasteiger partial charge is 0.205 e. The van der Waals surface area contributed by atoms with Crippen molar-refractivity contribution in [3.63, 3.8) is 0 Å². The summed E-state index contributed by atoms with van der Waals surface area (Å²) in [5, 5.41) is 0.146. The summed E-state index contributed by atoms with van der Waals surface area (Å²) in [4.78, 5) is 25.4. The van der Waals surface area contributed by atoms with Gasteiger partial charge >= 0.3 is 0 Å². The van der Waals surface area contributed by atoms with Crippen LogP contribution >= 0.6 is 11.6 Å². The van der Waals surface area contributed by atoms with Crippen LogP contribution in [0.3, 0.4) is 0 Å². The molecule has 0 saturated heterocycles. The molecule has 3 rings (SSSR count). The summed E-state index contributed by atoms with van der Waals surface area (Å²) in [5.74, 6) is 0.532. The van der Waals surface area contributed by atoms with Crippen LogP contribution in [0.15, 0.2) is 34.9 Å². The Hall–Kier alpha value is -1.41. The molecule has 0 amide bonds. The highest BCUT2D eigenvalue weighted by Gasteiger charge is 2.38. The van der Waals surface area contributed by atoms with Gasteiger partial charge in [-0.3, -0.25) is 9.59 Å². The second-order valence-electron chi connectivity index (χ2n) is 7.85. The molecule has 0 aromatic heterocycles. The van der Waals surface area contributed by atoms with E-state index in [9.17, 15) is 9.59 Å².